The average molecular weight is 300 g/mol. The lowest BCUT2D eigenvalue weighted by atomic mass is 9.97. The van der Waals surface area contributed by atoms with Crippen LogP contribution in [0.25, 0.3) is 0 Å². The van der Waals surface area contributed by atoms with E-state index in [2.05, 4.69) is 16.7 Å². The zero-order valence-electron chi connectivity index (χ0n) is 12.9. The number of rotatable bonds is 6. The lowest BCUT2D eigenvalue weighted by molar-refractivity contribution is -0.139. The molecule has 0 saturated carbocycles. The highest BCUT2D eigenvalue weighted by Crippen LogP contribution is 2.19. The lowest BCUT2D eigenvalue weighted by Crippen LogP contribution is -2.41. The minimum atomic E-state index is -0.548. The molecule has 0 bridgehead atoms. The van der Waals surface area contributed by atoms with Gasteiger partial charge in [-0.15, -0.1) is 0 Å². The highest BCUT2D eigenvalue weighted by molar-refractivity contribution is 6.35. The Balaban J connectivity index is 1.60. The normalized spacial score (nSPS) is 14.1. The van der Waals surface area contributed by atoms with Crippen molar-refractivity contribution >= 4 is 11.8 Å². The molecule has 0 aromatic heterocycles. The van der Waals surface area contributed by atoms with E-state index < -0.39 is 11.8 Å². The number of hydrogen-bond donors (Lipinski definition) is 2. The molecule has 118 valence electrons. The van der Waals surface area contributed by atoms with Crippen LogP contribution in [-0.2, 0) is 16.0 Å². The van der Waals surface area contributed by atoms with Crippen molar-refractivity contribution < 1.29 is 9.59 Å². The van der Waals surface area contributed by atoms with E-state index in [1.807, 2.05) is 30.3 Å². The van der Waals surface area contributed by atoms with Gasteiger partial charge in [-0.05, 0) is 44.1 Å². The van der Waals surface area contributed by atoms with E-state index in [0.29, 0.717) is 13.1 Å². The Bertz CT molecular complexity index is 523. The van der Waals surface area contributed by atoms with Crippen molar-refractivity contribution in [1.29, 1.82) is 0 Å². The highest BCUT2D eigenvalue weighted by atomic mass is 16.2. The molecule has 1 aliphatic carbocycles. The Morgan fingerprint density at radius 1 is 0.909 bits per heavy atom. The predicted molar refractivity (Wildman–Crippen MR) is 87.3 cm³/mol. The monoisotopic (exact) mass is 300 g/mol. The molecule has 2 rings (SSSR count). The van der Waals surface area contributed by atoms with Gasteiger partial charge in [0.15, 0.2) is 0 Å². The van der Waals surface area contributed by atoms with Crippen LogP contribution in [0.15, 0.2) is 42.0 Å². The minimum Gasteiger partial charge on any atom is -0.348 e. The van der Waals surface area contributed by atoms with Gasteiger partial charge in [-0.25, -0.2) is 0 Å². The summed E-state index contributed by atoms with van der Waals surface area (Å²) in [6.45, 7) is 1.01. The van der Waals surface area contributed by atoms with Crippen LogP contribution < -0.4 is 10.6 Å². The van der Waals surface area contributed by atoms with E-state index in [4.69, 9.17) is 0 Å². The summed E-state index contributed by atoms with van der Waals surface area (Å²) >= 11 is 0. The number of amides is 2. The highest BCUT2D eigenvalue weighted by Gasteiger charge is 2.12. The van der Waals surface area contributed by atoms with Crippen LogP contribution in [0.5, 0.6) is 0 Å². The molecule has 4 heteroatoms. The van der Waals surface area contributed by atoms with Crippen molar-refractivity contribution in [1.82, 2.24) is 10.6 Å². The maximum atomic E-state index is 11.7. The Morgan fingerprint density at radius 2 is 1.59 bits per heavy atom. The van der Waals surface area contributed by atoms with Crippen LogP contribution >= 0.6 is 0 Å². The second-order valence-electron chi connectivity index (χ2n) is 5.61. The van der Waals surface area contributed by atoms with Crippen LogP contribution in [0.4, 0.5) is 0 Å². The molecule has 0 heterocycles. The molecule has 0 fully saturated rings. The molecule has 0 aliphatic heterocycles. The zero-order chi connectivity index (χ0) is 15.6. The summed E-state index contributed by atoms with van der Waals surface area (Å²) in [7, 11) is 0. The fourth-order valence-corrected chi connectivity index (χ4v) is 2.59. The van der Waals surface area contributed by atoms with Gasteiger partial charge in [0.25, 0.3) is 0 Å². The molecule has 0 atom stereocenters. The fourth-order valence-electron chi connectivity index (χ4n) is 2.59. The van der Waals surface area contributed by atoms with E-state index in [1.54, 1.807) is 0 Å². The molecule has 1 aromatic rings. The summed E-state index contributed by atoms with van der Waals surface area (Å²) in [6, 6.07) is 9.89. The van der Waals surface area contributed by atoms with Gasteiger partial charge in [0.1, 0.15) is 0 Å². The maximum Gasteiger partial charge on any atom is 0.309 e. The van der Waals surface area contributed by atoms with E-state index in [9.17, 15) is 9.59 Å². The second kappa shape index (κ2) is 9.03. The Labute approximate surface area is 132 Å². The summed E-state index contributed by atoms with van der Waals surface area (Å²) in [6.07, 6.45) is 8.60. The van der Waals surface area contributed by atoms with Crippen molar-refractivity contribution in [3.8, 4) is 0 Å². The first-order valence-electron chi connectivity index (χ1n) is 8.03. The quantitative estimate of drug-likeness (QED) is 0.626. The summed E-state index contributed by atoms with van der Waals surface area (Å²) in [5.74, 6) is -1.09. The number of carbonyl (C=O) groups excluding carboxylic acids is 2. The van der Waals surface area contributed by atoms with Crippen LogP contribution in [-0.4, -0.2) is 24.9 Å². The Hall–Kier alpha value is -2.10. The van der Waals surface area contributed by atoms with Gasteiger partial charge in [0, 0.05) is 13.1 Å². The zero-order valence-corrected chi connectivity index (χ0v) is 12.9. The van der Waals surface area contributed by atoms with Gasteiger partial charge >= 0.3 is 11.8 Å². The average Bonchev–Trinajstić information content (AvgIpc) is 2.56. The summed E-state index contributed by atoms with van der Waals surface area (Å²) in [5, 5.41) is 5.34. The molecule has 0 spiro atoms. The molecule has 0 saturated heterocycles. The van der Waals surface area contributed by atoms with E-state index in [0.717, 1.165) is 31.2 Å². The smallest absolute Gasteiger partial charge is 0.309 e. The molecule has 0 radical (unpaired) electrons. The molecule has 2 N–H and O–H groups in total. The minimum absolute atomic E-state index is 0.474. The van der Waals surface area contributed by atoms with Crippen LogP contribution in [0.2, 0.25) is 0 Å². The number of carbonyl (C=O) groups is 2. The van der Waals surface area contributed by atoms with Gasteiger partial charge in [0.05, 0.1) is 0 Å². The molecule has 2 amide bonds. The van der Waals surface area contributed by atoms with E-state index in [1.165, 1.54) is 18.4 Å². The summed E-state index contributed by atoms with van der Waals surface area (Å²) < 4.78 is 0. The molecule has 4 nitrogen and oxygen atoms in total. The van der Waals surface area contributed by atoms with Gasteiger partial charge in [-0.1, -0.05) is 42.0 Å². The van der Waals surface area contributed by atoms with Crippen LogP contribution in [0, 0.1) is 0 Å². The van der Waals surface area contributed by atoms with Crippen LogP contribution in [0.3, 0.4) is 0 Å². The summed E-state index contributed by atoms with van der Waals surface area (Å²) in [4.78, 5) is 23.4. The van der Waals surface area contributed by atoms with Crippen molar-refractivity contribution in [3.63, 3.8) is 0 Å². The van der Waals surface area contributed by atoms with E-state index >= 15 is 0 Å². The lowest BCUT2D eigenvalue weighted by Gasteiger charge is -2.12. The third kappa shape index (κ3) is 5.72. The van der Waals surface area contributed by atoms with Gasteiger partial charge in [-0.2, -0.15) is 0 Å². The molecule has 22 heavy (non-hydrogen) atoms. The first-order chi connectivity index (χ1) is 10.8. The van der Waals surface area contributed by atoms with E-state index in [-0.39, 0.29) is 0 Å². The third-order valence-corrected chi connectivity index (χ3v) is 3.86. The standard InChI is InChI=1S/C18H24N2O2/c21-17(19-13-11-15-7-3-1-4-8-15)18(22)20-14-12-16-9-5-2-6-10-16/h1,3-4,7-9H,2,5-6,10-14H2,(H,19,21)(H,20,22). The molecule has 0 unspecified atom stereocenters. The number of nitrogens with one attached hydrogen (secondary N) is 2. The van der Waals surface area contributed by atoms with Crippen molar-refractivity contribution in [3.05, 3.63) is 47.5 Å². The summed E-state index contributed by atoms with van der Waals surface area (Å²) in [5.41, 5.74) is 2.54. The second-order valence-corrected chi connectivity index (χ2v) is 5.61. The first kappa shape index (κ1) is 16.3. The SMILES string of the molecule is O=C(NCCC1=CCCCC1)C(=O)NCCc1ccccc1. The van der Waals surface area contributed by atoms with Gasteiger partial charge in [-0.3, -0.25) is 9.59 Å². The largest absolute Gasteiger partial charge is 0.348 e. The Kier molecular flexibility index (Phi) is 6.68. The maximum absolute atomic E-state index is 11.7. The number of hydrogen-bond acceptors (Lipinski definition) is 2. The third-order valence-electron chi connectivity index (χ3n) is 3.86. The molecule has 1 aliphatic rings. The van der Waals surface area contributed by atoms with Crippen molar-refractivity contribution in [2.45, 2.75) is 38.5 Å². The molecular weight excluding hydrogens is 276 g/mol. The van der Waals surface area contributed by atoms with Crippen molar-refractivity contribution in [2.75, 3.05) is 13.1 Å². The molecular formula is C18H24N2O2. The number of benzene rings is 1. The number of allylic oxidation sites excluding steroid dienone is 1. The van der Waals surface area contributed by atoms with Crippen LogP contribution in [0.1, 0.15) is 37.7 Å². The topological polar surface area (TPSA) is 58.2 Å². The predicted octanol–water partition coefficient (Wildman–Crippen LogP) is 2.35. The first-order valence-corrected chi connectivity index (χ1v) is 8.03. The van der Waals surface area contributed by atoms with Gasteiger partial charge < -0.3 is 10.6 Å². The van der Waals surface area contributed by atoms with Crippen molar-refractivity contribution in [2.24, 2.45) is 0 Å². The fraction of sp³-hybridized carbons (Fsp3) is 0.444. The van der Waals surface area contributed by atoms with Gasteiger partial charge in [0.2, 0.25) is 0 Å². The Morgan fingerprint density at radius 3 is 2.23 bits per heavy atom. The molecule has 1 aromatic carbocycles.